The van der Waals surface area contributed by atoms with Crippen molar-refractivity contribution in [1.29, 1.82) is 10.7 Å². The molecule has 27 heavy (non-hydrogen) atoms. The molecule has 1 N–H and O–H groups in total. The number of aromatic nitrogens is 2. The van der Waals surface area contributed by atoms with Gasteiger partial charge in [0, 0.05) is 12.3 Å². The topological polar surface area (TPSA) is 109 Å². The third kappa shape index (κ3) is 4.95. The summed E-state index contributed by atoms with van der Waals surface area (Å²) in [6.45, 7) is 5.42. The van der Waals surface area contributed by atoms with Gasteiger partial charge in [-0.2, -0.15) is 5.26 Å². The Kier molecular flexibility index (Phi) is 7.13. The quantitative estimate of drug-likeness (QED) is 0.403. The van der Waals surface area contributed by atoms with Crippen molar-refractivity contribution in [2.24, 2.45) is 5.92 Å². The van der Waals surface area contributed by atoms with E-state index in [9.17, 15) is 9.59 Å². The summed E-state index contributed by atoms with van der Waals surface area (Å²) in [6, 6.07) is 9.53. The standard InChI is InChI=1S/C19H22N4O3S/c1-4-9-23-16-8-6-5-7-15(16)22-19(23)27-13(3)18(25)26-11-17(24)14(10-20)12(2)21/h5-8,13-14,21H,4,9,11H2,1-3H3/t13-,14+/m0/s1. The van der Waals surface area contributed by atoms with Crippen LogP contribution in [0.2, 0.25) is 0 Å². The number of nitrogens with one attached hydrogen (secondary N) is 1. The number of Topliss-reactive ketones (excluding diaryl/α,β-unsaturated/α-hetero) is 1. The summed E-state index contributed by atoms with van der Waals surface area (Å²) >= 11 is 1.27. The number of benzene rings is 1. The van der Waals surface area contributed by atoms with E-state index in [1.807, 2.05) is 24.3 Å². The first-order valence-electron chi connectivity index (χ1n) is 8.65. The number of thioether (sulfide) groups is 1. The van der Waals surface area contributed by atoms with E-state index in [1.54, 1.807) is 13.0 Å². The summed E-state index contributed by atoms with van der Waals surface area (Å²) in [5.41, 5.74) is 1.81. The zero-order valence-corrected chi connectivity index (χ0v) is 16.4. The van der Waals surface area contributed by atoms with E-state index >= 15 is 0 Å². The van der Waals surface area contributed by atoms with Crippen LogP contribution >= 0.6 is 11.8 Å². The average Bonchev–Trinajstić information content (AvgIpc) is 2.97. The lowest BCUT2D eigenvalue weighted by atomic mass is 10.0. The van der Waals surface area contributed by atoms with Crippen LogP contribution in [0.1, 0.15) is 27.2 Å². The van der Waals surface area contributed by atoms with E-state index < -0.39 is 29.5 Å². The van der Waals surface area contributed by atoms with Crippen molar-refractivity contribution in [2.45, 2.75) is 44.1 Å². The Morgan fingerprint density at radius 1 is 1.41 bits per heavy atom. The molecule has 0 amide bonds. The number of ketones is 1. The van der Waals surface area contributed by atoms with Gasteiger partial charge in [-0.25, -0.2) is 4.98 Å². The van der Waals surface area contributed by atoms with Gasteiger partial charge < -0.3 is 14.7 Å². The highest BCUT2D eigenvalue weighted by Crippen LogP contribution is 2.28. The number of aryl methyl sites for hydroxylation is 1. The summed E-state index contributed by atoms with van der Waals surface area (Å²) in [5.74, 6) is -2.31. The molecular weight excluding hydrogens is 364 g/mol. The Morgan fingerprint density at radius 3 is 2.74 bits per heavy atom. The number of imidazole rings is 1. The fourth-order valence-corrected chi connectivity index (χ4v) is 3.49. The van der Waals surface area contributed by atoms with Crippen LogP contribution in [-0.4, -0.2) is 38.9 Å². The first-order valence-corrected chi connectivity index (χ1v) is 9.52. The number of nitrogens with zero attached hydrogens (tertiary/aromatic N) is 3. The highest BCUT2D eigenvalue weighted by molar-refractivity contribution is 8.00. The molecule has 142 valence electrons. The van der Waals surface area contributed by atoms with Crippen molar-refractivity contribution in [3.63, 3.8) is 0 Å². The molecule has 2 aromatic rings. The smallest absolute Gasteiger partial charge is 0.319 e. The molecule has 0 aliphatic heterocycles. The number of para-hydroxylation sites is 2. The highest BCUT2D eigenvalue weighted by atomic mass is 32.2. The van der Waals surface area contributed by atoms with Crippen molar-refractivity contribution >= 4 is 40.3 Å². The van der Waals surface area contributed by atoms with Gasteiger partial charge in [-0.1, -0.05) is 30.8 Å². The minimum absolute atomic E-state index is 0.0609. The van der Waals surface area contributed by atoms with Crippen LogP contribution in [0.4, 0.5) is 0 Å². The number of hydrogen-bond donors (Lipinski definition) is 1. The highest BCUT2D eigenvalue weighted by Gasteiger charge is 2.24. The van der Waals surface area contributed by atoms with E-state index in [0.29, 0.717) is 0 Å². The van der Waals surface area contributed by atoms with Crippen molar-refractivity contribution < 1.29 is 14.3 Å². The Bertz CT molecular complexity index is 900. The molecule has 0 saturated heterocycles. The maximum absolute atomic E-state index is 12.2. The minimum Gasteiger partial charge on any atom is -0.457 e. The SMILES string of the molecule is CCCn1c(S[C@@H](C)C(=O)OCC(=O)[C@H](C#N)C(C)=N)nc2ccccc21. The van der Waals surface area contributed by atoms with Crippen LogP contribution in [0, 0.1) is 22.7 Å². The first-order chi connectivity index (χ1) is 12.9. The molecule has 1 aromatic heterocycles. The van der Waals surface area contributed by atoms with Crippen LogP contribution in [0.5, 0.6) is 0 Å². The first kappa shape index (κ1) is 20.6. The molecule has 0 unspecified atom stereocenters. The fraction of sp³-hybridized carbons (Fsp3) is 0.421. The molecule has 0 saturated carbocycles. The van der Waals surface area contributed by atoms with Gasteiger partial charge in [0.2, 0.25) is 0 Å². The Hall–Kier alpha value is -2.66. The molecule has 1 aromatic carbocycles. The number of hydrogen-bond acceptors (Lipinski definition) is 7. The molecule has 0 aliphatic rings. The maximum Gasteiger partial charge on any atom is 0.319 e. The number of ether oxygens (including phenoxy) is 1. The fourth-order valence-electron chi connectivity index (χ4n) is 2.54. The van der Waals surface area contributed by atoms with Crippen LogP contribution < -0.4 is 0 Å². The lowest BCUT2D eigenvalue weighted by Gasteiger charge is -2.13. The van der Waals surface area contributed by atoms with Gasteiger partial charge in [-0.15, -0.1) is 0 Å². The number of carbonyl (C=O) groups excluding carboxylic acids is 2. The van der Waals surface area contributed by atoms with Gasteiger partial charge in [0.1, 0.15) is 11.2 Å². The summed E-state index contributed by atoms with van der Waals surface area (Å²) in [6.07, 6.45) is 0.930. The molecule has 0 aliphatic carbocycles. The van der Waals surface area contributed by atoms with E-state index in [4.69, 9.17) is 15.4 Å². The third-order valence-corrected chi connectivity index (χ3v) is 4.99. The van der Waals surface area contributed by atoms with Gasteiger partial charge in [0.05, 0.1) is 17.1 Å². The Labute approximate surface area is 162 Å². The van der Waals surface area contributed by atoms with Crippen LogP contribution in [0.15, 0.2) is 29.4 Å². The molecule has 0 bridgehead atoms. The average molecular weight is 386 g/mol. The third-order valence-electron chi connectivity index (χ3n) is 3.92. The molecule has 2 atom stereocenters. The number of fused-ring (bicyclic) bond motifs is 1. The van der Waals surface area contributed by atoms with Gasteiger partial charge in [-0.05, 0) is 32.4 Å². The second kappa shape index (κ2) is 9.33. The lowest BCUT2D eigenvalue weighted by Crippen LogP contribution is -2.27. The molecule has 2 rings (SSSR count). The second-order valence-corrected chi connectivity index (χ2v) is 7.42. The maximum atomic E-state index is 12.2. The largest absolute Gasteiger partial charge is 0.457 e. The number of carbonyl (C=O) groups is 2. The van der Waals surface area contributed by atoms with Crippen LogP contribution in [0.3, 0.4) is 0 Å². The number of rotatable bonds is 9. The normalized spacial score (nSPS) is 13.0. The summed E-state index contributed by atoms with van der Waals surface area (Å²) in [7, 11) is 0. The van der Waals surface area contributed by atoms with Gasteiger partial charge in [0.25, 0.3) is 0 Å². The zero-order chi connectivity index (χ0) is 20.0. The molecule has 8 heteroatoms. The van der Waals surface area contributed by atoms with Crippen molar-refractivity contribution in [1.82, 2.24) is 9.55 Å². The summed E-state index contributed by atoms with van der Waals surface area (Å²) in [5, 5.41) is 16.5. The van der Waals surface area contributed by atoms with Crippen molar-refractivity contribution in [2.75, 3.05) is 6.61 Å². The number of esters is 1. The Balaban J connectivity index is 2.05. The van der Waals surface area contributed by atoms with E-state index in [-0.39, 0.29) is 5.71 Å². The summed E-state index contributed by atoms with van der Waals surface area (Å²) in [4.78, 5) is 28.7. The monoisotopic (exact) mass is 386 g/mol. The predicted molar refractivity (Wildman–Crippen MR) is 104 cm³/mol. The molecule has 0 fully saturated rings. The Morgan fingerprint density at radius 2 is 2.11 bits per heavy atom. The molecule has 7 nitrogen and oxygen atoms in total. The second-order valence-electron chi connectivity index (χ2n) is 6.11. The predicted octanol–water partition coefficient (Wildman–Crippen LogP) is 3.22. The van der Waals surface area contributed by atoms with E-state index in [2.05, 4.69) is 16.5 Å². The van der Waals surface area contributed by atoms with Crippen LogP contribution in [0.25, 0.3) is 11.0 Å². The minimum atomic E-state index is -1.17. The van der Waals surface area contributed by atoms with Crippen molar-refractivity contribution in [3.05, 3.63) is 24.3 Å². The van der Waals surface area contributed by atoms with Crippen molar-refractivity contribution in [3.8, 4) is 6.07 Å². The number of nitriles is 1. The van der Waals surface area contributed by atoms with Gasteiger partial charge in [0.15, 0.2) is 17.5 Å². The zero-order valence-electron chi connectivity index (χ0n) is 15.6. The van der Waals surface area contributed by atoms with Gasteiger partial charge >= 0.3 is 5.97 Å². The van der Waals surface area contributed by atoms with Crippen LogP contribution in [-0.2, 0) is 20.9 Å². The summed E-state index contributed by atoms with van der Waals surface area (Å²) < 4.78 is 7.12. The molecule has 0 spiro atoms. The molecular formula is C19H22N4O3S. The molecule has 0 radical (unpaired) electrons. The van der Waals surface area contributed by atoms with Gasteiger partial charge in [-0.3, -0.25) is 9.59 Å². The van der Waals surface area contributed by atoms with E-state index in [0.717, 1.165) is 29.2 Å². The van der Waals surface area contributed by atoms with E-state index in [1.165, 1.54) is 18.7 Å². The molecule has 1 heterocycles. The lowest BCUT2D eigenvalue weighted by molar-refractivity contribution is -0.147.